The van der Waals surface area contributed by atoms with Gasteiger partial charge in [-0.25, -0.2) is 0 Å². The van der Waals surface area contributed by atoms with E-state index in [1.54, 1.807) is 0 Å². The van der Waals surface area contributed by atoms with Gasteiger partial charge in [-0.2, -0.15) is 0 Å². The number of amides is 1. The van der Waals surface area contributed by atoms with Gasteiger partial charge >= 0.3 is 5.97 Å². The van der Waals surface area contributed by atoms with Crippen molar-refractivity contribution < 1.29 is 14.3 Å². The Morgan fingerprint density at radius 1 is 0.767 bits per heavy atom. The number of rotatable bonds is 8. The second kappa shape index (κ2) is 10.4. The van der Waals surface area contributed by atoms with Crippen LogP contribution < -0.4 is 5.32 Å². The molecule has 0 saturated heterocycles. The van der Waals surface area contributed by atoms with E-state index in [0.717, 1.165) is 40.8 Å². The van der Waals surface area contributed by atoms with E-state index >= 15 is 0 Å². The van der Waals surface area contributed by atoms with E-state index in [1.807, 2.05) is 78.9 Å². The largest absolute Gasteiger partial charge is 0.455 e. The number of carbonyl (C=O) groups is 2. The summed E-state index contributed by atoms with van der Waals surface area (Å²) in [5, 5.41) is 2.94. The first-order valence-electron chi connectivity index (χ1n) is 10.3. The van der Waals surface area contributed by atoms with Crippen LogP contribution in [0.3, 0.4) is 0 Å². The molecule has 3 rings (SSSR count). The summed E-state index contributed by atoms with van der Waals surface area (Å²) in [5.41, 5.74) is 4.63. The van der Waals surface area contributed by atoms with Crippen LogP contribution in [-0.2, 0) is 27.2 Å². The SMILES string of the molecule is CCc1cccc(CC)c1NC(=O)COC(=O)C(c1ccccc1)c1ccccc1. The molecule has 0 fully saturated rings. The van der Waals surface area contributed by atoms with Crippen LogP contribution in [0.5, 0.6) is 0 Å². The van der Waals surface area contributed by atoms with Crippen molar-refractivity contribution in [1.82, 2.24) is 0 Å². The first kappa shape index (κ1) is 21.3. The number of hydrogen-bond donors (Lipinski definition) is 1. The lowest BCUT2D eigenvalue weighted by Crippen LogP contribution is -2.25. The summed E-state index contributed by atoms with van der Waals surface area (Å²) >= 11 is 0. The van der Waals surface area contributed by atoms with Gasteiger partial charge in [0, 0.05) is 5.69 Å². The Labute approximate surface area is 177 Å². The summed E-state index contributed by atoms with van der Waals surface area (Å²) in [5.74, 6) is -1.35. The highest BCUT2D eigenvalue weighted by molar-refractivity contribution is 5.95. The van der Waals surface area contributed by atoms with E-state index in [4.69, 9.17) is 4.74 Å². The lowest BCUT2D eigenvalue weighted by molar-refractivity contribution is -0.147. The Balaban J connectivity index is 1.73. The predicted octanol–water partition coefficient (Wildman–Crippen LogP) is 5.13. The van der Waals surface area contributed by atoms with Crippen LogP contribution in [0.25, 0.3) is 0 Å². The zero-order chi connectivity index (χ0) is 21.3. The van der Waals surface area contributed by atoms with E-state index < -0.39 is 11.9 Å². The van der Waals surface area contributed by atoms with E-state index in [2.05, 4.69) is 19.2 Å². The predicted molar refractivity (Wildman–Crippen MR) is 120 cm³/mol. The molecular formula is C26H27NO3. The maximum absolute atomic E-state index is 12.9. The molecule has 30 heavy (non-hydrogen) atoms. The highest BCUT2D eigenvalue weighted by atomic mass is 16.5. The molecule has 0 heterocycles. The molecule has 4 nitrogen and oxygen atoms in total. The number of ether oxygens (including phenoxy) is 1. The molecule has 0 aliphatic heterocycles. The Hall–Kier alpha value is -3.40. The highest BCUT2D eigenvalue weighted by Crippen LogP contribution is 2.26. The average Bonchev–Trinajstić information content (AvgIpc) is 2.79. The van der Waals surface area contributed by atoms with Crippen molar-refractivity contribution in [2.24, 2.45) is 0 Å². The van der Waals surface area contributed by atoms with Crippen molar-refractivity contribution in [2.75, 3.05) is 11.9 Å². The van der Waals surface area contributed by atoms with Crippen molar-refractivity contribution in [2.45, 2.75) is 32.6 Å². The molecule has 0 unspecified atom stereocenters. The Kier molecular flexibility index (Phi) is 7.39. The number of anilines is 1. The zero-order valence-corrected chi connectivity index (χ0v) is 17.4. The molecule has 4 heteroatoms. The number of nitrogens with one attached hydrogen (secondary N) is 1. The average molecular weight is 402 g/mol. The number of benzene rings is 3. The second-order valence-corrected chi connectivity index (χ2v) is 7.07. The summed E-state index contributed by atoms with van der Waals surface area (Å²) in [6.45, 7) is 3.78. The second-order valence-electron chi connectivity index (χ2n) is 7.07. The summed E-state index contributed by atoms with van der Waals surface area (Å²) in [4.78, 5) is 25.5. The molecule has 0 aromatic heterocycles. The van der Waals surface area contributed by atoms with Crippen molar-refractivity contribution in [1.29, 1.82) is 0 Å². The molecule has 0 spiro atoms. The smallest absolute Gasteiger partial charge is 0.318 e. The Bertz CT molecular complexity index is 922. The molecule has 154 valence electrons. The van der Waals surface area contributed by atoms with Crippen molar-refractivity contribution in [3.63, 3.8) is 0 Å². The highest BCUT2D eigenvalue weighted by Gasteiger charge is 2.25. The standard InChI is InChI=1S/C26H27NO3/c1-3-19-16-11-17-20(4-2)25(19)27-23(28)18-30-26(29)24(21-12-7-5-8-13-21)22-14-9-6-10-15-22/h5-17,24H,3-4,18H2,1-2H3,(H,27,28). The Morgan fingerprint density at radius 2 is 1.27 bits per heavy atom. The summed E-state index contributed by atoms with van der Waals surface area (Å²) in [7, 11) is 0. The normalized spacial score (nSPS) is 10.6. The van der Waals surface area contributed by atoms with E-state index in [1.165, 1.54) is 0 Å². The zero-order valence-electron chi connectivity index (χ0n) is 17.4. The van der Waals surface area contributed by atoms with Crippen molar-refractivity contribution >= 4 is 17.6 Å². The van der Waals surface area contributed by atoms with Gasteiger partial charge < -0.3 is 10.1 Å². The topological polar surface area (TPSA) is 55.4 Å². The minimum absolute atomic E-state index is 0.323. The third-order valence-electron chi connectivity index (χ3n) is 5.11. The lowest BCUT2D eigenvalue weighted by Gasteiger charge is -2.18. The number of esters is 1. The molecule has 1 amide bonds. The molecule has 3 aromatic rings. The number of hydrogen-bond acceptors (Lipinski definition) is 3. The van der Waals surface area contributed by atoms with Crippen molar-refractivity contribution in [3.05, 3.63) is 101 Å². The maximum atomic E-state index is 12.9. The van der Waals surface area contributed by atoms with Gasteiger partial charge in [0.05, 0.1) is 0 Å². The monoisotopic (exact) mass is 401 g/mol. The van der Waals surface area contributed by atoms with E-state index in [9.17, 15) is 9.59 Å². The molecule has 0 atom stereocenters. The summed E-state index contributed by atoms with van der Waals surface area (Å²) in [6.07, 6.45) is 1.63. The Morgan fingerprint density at radius 3 is 1.73 bits per heavy atom. The lowest BCUT2D eigenvalue weighted by atomic mass is 9.91. The molecular weight excluding hydrogens is 374 g/mol. The van der Waals surface area contributed by atoms with Crippen LogP contribution in [0.2, 0.25) is 0 Å². The van der Waals surface area contributed by atoms with E-state index in [-0.39, 0.29) is 12.5 Å². The first-order chi connectivity index (χ1) is 14.6. The van der Waals surface area contributed by atoms with E-state index in [0.29, 0.717) is 0 Å². The van der Waals surface area contributed by atoms with Gasteiger partial charge in [0.15, 0.2) is 6.61 Å². The van der Waals surface area contributed by atoms with Crippen LogP contribution in [0, 0.1) is 0 Å². The molecule has 0 saturated carbocycles. The molecule has 1 N–H and O–H groups in total. The molecule has 0 bridgehead atoms. The van der Waals surface area contributed by atoms with Gasteiger partial charge in [0.1, 0.15) is 5.92 Å². The van der Waals surface area contributed by atoms with Gasteiger partial charge in [-0.15, -0.1) is 0 Å². The van der Waals surface area contributed by atoms with Crippen LogP contribution in [0.1, 0.15) is 42.0 Å². The van der Waals surface area contributed by atoms with Gasteiger partial charge in [-0.05, 0) is 35.1 Å². The summed E-state index contributed by atoms with van der Waals surface area (Å²) < 4.78 is 5.44. The third-order valence-corrected chi connectivity index (χ3v) is 5.11. The fourth-order valence-corrected chi connectivity index (χ4v) is 3.55. The molecule has 0 aliphatic rings. The number of carbonyl (C=O) groups excluding carboxylic acids is 2. The van der Waals surface area contributed by atoms with Gasteiger partial charge in [0.25, 0.3) is 5.91 Å². The quantitative estimate of drug-likeness (QED) is 0.533. The first-order valence-corrected chi connectivity index (χ1v) is 10.3. The maximum Gasteiger partial charge on any atom is 0.318 e. The van der Waals surface area contributed by atoms with Crippen LogP contribution in [0.4, 0.5) is 5.69 Å². The number of aryl methyl sites for hydroxylation is 2. The van der Waals surface area contributed by atoms with Gasteiger partial charge in [0.2, 0.25) is 0 Å². The van der Waals surface area contributed by atoms with Crippen LogP contribution >= 0.6 is 0 Å². The summed E-state index contributed by atoms with van der Waals surface area (Å²) in [6, 6.07) is 24.9. The molecule has 0 radical (unpaired) electrons. The minimum Gasteiger partial charge on any atom is -0.455 e. The minimum atomic E-state index is -0.575. The van der Waals surface area contributed by atoms with Gasteiger partial charge in [-0.1, -0.05) is 92.7 Å². The third kappa shape index (κ3) is 5.15. The van der Waals surface area contributed by atoms with Crippen LogP contribution in [-0.4, -0.2) is 18.5 Å². The van der Waals surface area contributed by atoms with Gasteiger partial charge in [-0.3, -0.25) is 9.59 Å². The fourth-order valence-electron chi connectivity index (χ4n) is 3.55. The molecule has 3 aromatic carbocycles. The van der Waals surface area contributed by atoms with Crippen molar-refractivity contribution in [3.8, 4) is 0 Å². The number of para-hydroxylation sites is 1. The molecule has 0 aliphatic carbocycles. The van der Waals surface area contributed by atoms with Crippen LogP contribution in [0.15, 0.2) is 78.9 Å². The fraction of sp³-hybridized carbons (Fsp3) is 0.231.